The molecular weight excluding hydrogens is 411 g/mol. The summed E-state index contributed by atoms with van der Waals surface area (Å²) in [5.74, 6) is 0. The second-order valence-corrected chi connectivity index (χ2v) is 8.68. The van der Waals surface area contributed by atoms with Crippen LogP contribution in [0.2, 0.25) is 5.02 Å². The van der Waals surface area contributed by atoms with Crippen LogP contribution in [0.15, 0.2) is 82.0 Å². The van der Waals surface area contributed by atoms with Crippen LogP contribution >= 0.6 is 11.6 Å². The minimum absolute atomic E-state index is 0.186. The normalized spacial score (nSPS) is 11.0. The molecule has 4 heteroatoms. The Labute approximate surface area is 162 Å². The Bertz CT molecular complexity index is 1130. The molecule has 0 bridgehead atoms. The molecule has 0 unspecified atom stereocenters. The molecule has 1 heterocycles. The van der Waals surface area contributed by atoms with Gasteiger partial charge < -0.3 is 0 Å². The predicted octanol–water partition coefficient (Wildman–Crippen LogP) is 4.08. The first-order valence-electron chi connectivity index (χ1n) is 8.19. The maximum absolute atomic E-state index is 12.9. The zero-order chi connectivity index (χ0) is 18.1. The molecule has 0 aliphatic carbocycles. The summed E-state index contributed by atoms with van der Waals surface area (Å²) >= 11 is 5.81. The average Bonchev–Trinajstić information content (AvgIpc) is 2.66. The third-order valence-electron chi connectivity index (χ3n) is 4.18. The van der Waals surface area contributed by atoms with Gasteiger partial charge in [0, 0.05) is 0 Å². The summed E-state index contributed by atoms with van der Waals surface area (Å²) in [7, 11) is 0. The number of hydrogen-bond donors (Lipinski definition) is 0. The van der Waals surface area contributed by atoms with Crippen molar-refractivity contribution in [1.29, 1.82) is 0 Å². The summed E-state index contributed by atoms with van der Waals surface area (Å²) in [6.07, 6.45) is 0. The standard InChI is InChI=1S/C22H15ClO2Se/c1-14-6-5-9-18-19(15-7-3-2-4-8-15)21(22(24)25-20(14)18)26-17-12-10-16(23)11-13-17/h2-13H,1H3. The third-order valence-corrected chi connectivity index (χ3v) is 6.71. The monoisotopic (exact) mass is 426 g/mol. The first-order valence-corrected chi connectivity index (χ1v) is 10.3. The van der Waals surface area contributed by atoms with Gasteiger partial charge in [0.05, 0.1) is 0 Å². The van der Waals surface area contributed by atoms with Gasteiger partial charge in [-0.3, -0.25) is 0 Å². The molecule has 4 aromatic rings. The van der Waals surface area contributed by atoms with Gasteiger partial charge in [0.25, 0.3) is 0 Å². The molecule has 0 atom stereocenters. The van der Waals surface area contributed by atoms with Crippen LogP contribution in [0.1, 0.15) is 5.56 Å². The molecule has 128 valence electrons. The van der Waals surface area contributed by atoms with E-state index in [0.717, 1.165) is 31.0 Å². The fourth-order valence-corrected chi connectivity index (χ4v) is 5.10. The van der Waals surface area contributed by atoms with E-state index in [4.69, 9.17) is 16.0 Å². The molecule has 0 saturated heterocycles. The topological polar surface area (TPSA) is 30.2 Å². The number of aryl methyl sites for hydroxylation is 1. The number of para-hydroxylation sites is 1. The van der Waals surface area contributed by atoms with Crippen molar-refractivity contribution in [3.8, 4) is 11.1 Å². The van der Waals surface area contributed by atoms with E-state index in [1.807, 2.05) is 79.7 Å². The van der Waals surface area contributed by atoms with E-state index in [2.05, 4.69) is 0 Å². The van der Waals surface area contributed by atoms with Crippen LogP contribution in [0.4, 0.5) is 0 Å². The van der Waals surface area contributed by atoms with E-state index < -0.39 is 0 Å². The van der Waals surface area contributed by atoms with Crippen molar-refractivity contribution in [1.82, 2.24) is 0 Å². The van der Waals surface area contributed by atoms with Gasteiger partial charge in [0.1, 0.15) is 0 Å². The first kappa shape index (κ1) is 17.1. The van der Waals surface area contributed by atoms with Gasteiger partial charge in [0.15, 0.2) is 0 Å². The van der Waals surface area contributed by atoms with E-state index >= 15 is 0 Å². The molecule has 0 radical (unpaired) electrons. The summed E-state index contributed by atoms with van der Waals surface area (Å²) in [6.45, 7) is 1.96. The van der Waals surface area contributed by atoms with Gasteiger partial charge in [0.2, 0.25) is 0 Å². The van der Waals surface area contributed by atoms with Crippen LogP contribution in [-0.4, -0.2) is 15.0 Å². The molecule has 0 N–H and O–H groups in total. The molecule has 3 aromatic carbocycles. The number of hydrogen-bond acceptors (Lipinski definition) is 2. The van der Waals surface area contributed by atoms with Crippen LogP contribution in [-0.2, 0) is 0 Å². The Morgan fingerprint density at radius 1 is 0.885 bits per heavy atom. The number of fused-ring (bicyclic) bond motifs is 1. The van der Waals surface area contributed by atoms with Gasteiger partial charge in [-0.15, -0.1) is 0 Å². The molecule has 0 amide bonds. The first-order chi connectivity index (χ1) is 12.6. The zero-order valence-electron chi connectivity index (χ0n) is 14.0. The molecule has 0 aliphatic rings. The summed E-state index contributed by atoms with van der Waals surface area (Å²) in [4.78, 5) is 12.9. The average molecular weight is 426 g/mol. The van der Waals surface area contributed by atoms with E-state index in [0.29, 0.717) is 10.6 Å². The Balaban J connectivity index is 2.01. The molecule has 0 saturated carbocycles. The third kappa shape index (κ3) is 3.22. The van der Waals surface area contributed by atoms with Gasteiger partial charge in [-0.1, -0.05) is 0 Å². The Hall–Kier alpha value is -2.32. The van der Waals surface area contributed by atoms with Gasteiger partial charge in [-0.2, -0.15) is 0 Å². The van der Waals surface area contributed by atoms with Crippen LogP contribution in [0.5, 0.6) is 0 Å². The quantitative estimate of drug-likeness (QED) is 0.366. The molecule has 4 rings (SSSR count). The van der Waals surface area contributed by atoms with Crippen molar-refractivity contribution < 1.29 is 4.42 Å². The van der Waals surface area contributed by atoms with Crippen LogP contribution in [0.3, 0.4) is 0 Å². The van der Waals surface area contributed by atoms with Gasteiger partial charge in [-0.25, -0.2) is 0 Å². The molecular formula is C22H15ClO2Se. The summed E-state index contributed by atoms with van der Waals surface area (Å²) < 4.78 is 7.52. The van der Waals surface area contributed by atoms with Crippen molar-refractivity contribution in [2.75, 3.05) is 0 Å². The molecule has 26 heavy (non-hydrogen) atoms. The van der Waals surface area contributed by atoms with Crippen molar-refractivity contribution in [2.24, 2.45) is 0 Å². The van der Waals surface area contributed by atoms with Gasteiger partial charge in [-0.05, 0) is 0 Å². The van der Waals surface area contributed by atoms with Crippen molar-refractivity contribution in [3.63, 3.8) is 0 Å². The predicted molar refractivity (Wildman–Crippen MR) is 109 cm³/mol. The fraction of sp³-hybridized carbons (Fsp3) is 0.0455. The van der Waals surface area contributed by atoms with E-state index in [-0.39, 0.29) is 20.6 Å². The summed E-state index contributed by atoms with van der Waals surface area (Å²) in [6, 6.07) is 23.7. The van der Waals surface area contributed by atoms with Crippen LogP contribution < -0.4 is 14.5 Å². The molecule has 1 aromatic heterocycles. The Kier molecular flexibility index (Phi) is 4.69. The van der Waals surface area contributed by atoms with Crippen molar-refractivity contribution in [2.45, 2.75) is 6.92 Å². The number of benzene rings is 3. The summed E-state index contributed by atoms with van der Waals surface area (Å²) in [5.41, 5.74) is 3.35. The Morgan fingerprint density at radius 2 is 1.62 bits per heavy atom. The second kappa shape index (κ2) is 7.12. The van der Waals surface area contributed by atoms with Crippen LogP contribution in [0, 0.1) is 6.92 Å². The summed E-state index contributed by atoms with van der Waals surface area (Å²) in [5, 5.41) is 1.66. The molecule has 2 nitrogen and oxygen atoms in total. The zero-order valence-corrected chi connectivity index (χ0v) is 16.5. The molecule has 0 spiro atoms. The van der Waals surface area contributed by atoms with E-state index in [1.165, 1.54) is 0 Å². The second-order valence-electron chi connectivity index (χ2n) is 5.97. The maximum atomic E-state index is 12.9. The van der Waals surface area contributed by atoms with E-state index in [9.17, 15) is 4.79 Å². The number of halogens is 1. The van der Waals surface area contributed by atoms with Crippen LogP contribution in [0.25, 0.3) is 22.1 Å². The van der Waals surface area contributed by atoms with Gasteiger partial charge >= 0.3 is 163 Å². The molecule has 0 aliphatic heterocycles. The van der Waals surface area contributed by atoms with E-state index in [1.54, 1.807) is 0 Å². The number of rotatable bonds is 3. The SMILES string of the molecule is Cc1cccc2c(-c3ccccc3)c([Se]c3ccc(Cl)cc3)c(=O)oc12. The minimum atomic E-state index is -0.263. The molecule has 0 fully saturated rings. The van der Waals surface area contributed by atoms with Crippen molar-refractivity contribution >= 4 is 46.5 Å². The Morgan fingerprint density at radius 3 is 2.35 bits per heavy atom. The van der Waals surface area contributed by atoms with Crippen molar-refractivity contribution in [3.05, 3.63) is 93.8 Å². The fourth-order valence-electron chi connectivity index (χ4n) is 2.95.